The van der Waals surface area contributed by atoms with Crippen LogP contribution in [0.3, 0.4) is 0 Å². The molecule has 0 fully saturated rings. The van der Waals surface area contributed by atoms with E-state index in [0.29, 0.717) is 13.2 Å². The Kier molecular flexibility index (Phi) is 35.8. The van der Waals surface area contributed by atoms with Crippen molar-refractivity contribution < 1.29 is 9.84 Å². The quantitative estimate of drug-likeness (QED) is 0.0698. The van der Waals surface area contributed by atoms with Crippen LogP contribution in [-0.2, 0) is 0 Å². The Morgan fingerprint density at radius 2 is 0.735 bits per heavy atom. The number of rotatable bonds is 40. The maximum atomic E-state index is 10.2. The Hall–Kier alpha value is -1.06. The van der Waals surface area contributed by atoms with E-state index < -0.39 is 6.10 Å². The Morgan fingerprint density at radius 3 is 1.04 bits per heavy atom. The van der Waals surface area contributed by atoms with Gasteiger partial charge in [0.2, 0.25) is 0 Å². The highest BCUT2D eigenvalue weighted by Crippen LogP contribution is 2.17. The Bertz CT molecular complexity index is 740. The van der Waals surface area contributed by atoms with Crippen LogP contribution >= 0.6 is 0 Å². The van der Waals surface area contributed by atoms with Crippen molar-refractivity contribution in [2.24, 2.45) is 0 Å². The summed E-state index contributed by atoms with van der Waals surface area (Å²) < 4.78 is 5.66. The molecule has 49 heavy (non-hydrogen) atoms. The average Bonchev–Trinajstić information content (AvgIpc) is 3.11. The van der Waals surface area contributed by atoms with E-state index in [1.54, 1.807) is 0 Å². The zero-order valence-electron chi connectivity index (χ0n) is 33.4. The highest BCUT2D eigenvalue weighted by atomic mass is 16.5. The van der Waals surface area contributed by atoms with Crippen LogP contribution in [0.2, 0.25) is 0 Å². The molecule has 0 amide bonds. The first-order chi connectivity index (χ1) is 24.2. The molecule has 0 aliphatic rings. The lowest BCUT2D eigenvalue weighted by atomic mass is 10.0. The predicted octanol–water partition coefficient (Wildman–Crippen LogP) is 14.6. The van der Waals surface area contributed by atoms with Gasteiger partial charge in [0.1, 0.15) is 18.5 Å². The normalized spacial score (nSPS) is 12.2. The van der Waals surface area contributed by atoms with Crippen molar-refractivity contribution in [1.29, 1.82) is 0 Å². The second kappa shape index (κ2) is 38.2. The summed E-state index contributed by atoms with van der Waals surface area (Å²) in [5.74, 6) is 0.825. The molecule has 288 valence electrons. The van der Waals surface area contributed by atoms with Gasteiger partial charge >= 0.3 is 0 Å². The van der Waals surface area contributed by atoms with Crippen molar-refractivity contribution in [3.8, 4) is 5.75 Å². The molecule has 0 radical (unpaired) electrons. The number of likely N-dealkylation sites (N-methyl/N-ethyl adjacent to an activating group) is 1. The molecule has 1 atom stereocenters. The lowest BCUT2D eigenvalue weighted by molar-refractivity contribution is 0.0759. The number of hydrogen-bond acceptors (Lipinski definition) is 3. The predicted molar refractivity (Wildman–Crippen MR) is 218 cm³/mol. The number of hydrogen-bond donors (Lipinski definition) is 1. The van der Waals surface area contributed by atoms with Gasteiger partial charge in [0.05, 0.1) is 0 Å². The smallest absolute Gasteiger partial charge is 0.119 e. The highest BCUT2D eigenvalue weighted by molar-refractivity contribution is 5.20. The second-order valence-corrected chi connectivity index (χ2v) is 15.7. The summed E-state index contributed by atoms with van der Waals surface area (Å²) in [6.45, 7) is 4.39. The van der Waals surface area contributed by atoms with Gasteiger partial charge in [0, 0.05) is 6.54 Å². The molecule has 0 aromatic heterocycles. The molecule has 3 nitrogen and oxygen atoms in total. The third-order valence-electron chi connectivity index (χ3n) is 10.6. The molecular weight excluding hydrogens is 599 g/mol. The first-order valence-corrected chi connectivity index (χ1v) is 22.3. The van der Waals surface area contributed by atoms with Crippen molar-refractivity contribution in [2.75, 3.05) is 26.7 Å². The number of aliphatic hydroxyl groups is 1. The van der Waals surface area contributed by atoms with E-state index in [-0.39, 0.29) is 0 Å². The Morgan fingerprint density at radius 1 is 0.449 bits per heavy atom. The average molecular weight is 686 g/mol. The summed E-state index contributed by atoms with van der Waals surface area (Å²) in [7, 11) is 2.11. The molecule has 0 heterocycles. The fourth-order valence-electron chi connectivity index (χ4n) is 7.32. The minimum atomic E-state index is -0.441. The van der Waals surface area contributed by atoms with E-state index in [1.165, 1.54) is 218 Å². The summed E-state index contributed by atoms with van der Waals surface area (Å²) in [5.41, 5.74) is 0. The van der Waals surface area contributed by atoms with E-state index in [4.69, 9.17) is 4.74 Å². The minimum Gasteiger partial charge on any atom is -0.491 e. The fourth-order valence-corrected chi connectivity index (χ4v) is 7.32. The van der Waals surface area contributed by atoms with Gasteiger partial charge in [0.15, 0.2) is 0 Å². The largest absolute Gasteiger partial charge is 0.491 e. The van der Waals surface area contributed by atoms with Crippen molar-refractivity contribution >= 4 is 0 Å². The SMILES string of the molecule is CCCCCCCCCCCCCCCCCCCCCCCCCCCCCCCCCCCCN(C)CC(O)COc1ccccc1. The maximum Gasteiger partial charge on any atom is 0.119 e. The van der Waals surface area contributed by atoms with Crippen LogP contribution in [0, 0.1) is 0 Å². The summed E-state index contributed by atoms with van der Waals surface area (Å²) in [4.78, 5) is 2.24. The van der Waals surface area contributed by atoms with Crippen LogP contribution in [0.4, 0.5) is 0 Å². The van der Waals surface area contributed by atoms with E-state index in [9.17, 15) is 5.11 Å². The van der Waals surface area contributed by atoms with E-state index in [0.717, 1.165) is 12.3 Å². The molecule has 1 N–H and O–H groups in total. The third-order valence-corrected chi connectivity index (χ3v) is 10.6. The summed E-state index contributed by atoms with van der Waals surface area (Å²) in [6.07, 6.45) is 48.8. The summed E-state index contributed by atoms with van der Waals surface area (Å²) >= 11 is 0. The number of para-hydroxylation sites is 1. The van der Waals surface area contributed by atoms with Crippen LogP contribution in [0.15, 0.2) is 30.3 Å². The third kappa shape index (κ3) is 35.1. The summed E-state index contributed by atoms with van der Waals surface area (Å²) in [5, 5.41) is 10.2. The molecule has 1 unspecified atom stereocenters. The van der Waals surface area contributed by atoms with Gasteiger partial charge in [-0.3, -0.25) is 0 Å². The molecule has 0 aliphatic carbocycles. The van der Waals surface area contributed by atoms with Gasteiger partial charge in [-0.05, 0) is 32.1 Å². The maximum absolute atomic E-state index is 10.2. The standard InChI is InChI=1S/C46H87NO2/c1-3-4-5-6-7-8-9-10-11-12-13-14-15-16-17-18-19-20-21-22-23-24-25-26-27-28-29-30-31-32-33-34-35-39-42-47(2)43-45(48)44-49-46-40-37-36-38-41-46/h36-38,40-41,45,48H,3-35,39,42-44H2,1-2H3. The van der Waals surface area contributed by atoms with Crippen molar-refractivity contribution in [3.05, 3.63) is 30.3 Å². The van der Waals surface area contributed by atoms with E-state index in [1.807, 2.05) is 30.3 Å². The molecule has 0 bridgehead atoms. The highest BCUT2D eigenvalue weighted by Gasteiger charge is 2.09. The zero-order valence-corrected chi connectivity index (χ0v) is 33.4. The molecule has 0 saturated heterocycles. The number of nitrogens with zero attached hydrogens (tertiary/aromatic N) is 1. The number of aliphatic hydroxyl groups excluding tert-OH is 1. The molecule has 0 saturated carbocycles. The molecule has 1 aromatic carbocycles. The molecule has 0 aliphatic heterocycles. The van der Waals surface area contributed by atoms with Gasteiger partial charge in [-0.25, -0.2) is 0 Å². The van der Waals surface area contributed by atoms with Gasteiger partial charge < -0.3 is 14.7 Å². The van der Waals surface area contributed by atoms with Gasteiger partial charge in [-0.2, -0.15) is 0 Å². The van der Waals surface area contributed by atoms with E-state index in [2.05, 4.69) is 18.9 Å². The molecule has 3 heteroatoms. The van der Waals surface area contributed by atoms with Crippen LogP contribution in [-0.4, -0.2) is 42.9 Å². The minimum absolute atomic E-state index is 0.355. The number of benzene rings is 1. The Balaban J connectivity index is 1.66. The van der Waals surface area contributed by atoms with Gasteiger partial charge in [-0.1, -0.05) is 237 Å². The van der Waals surface area contributed by atoms with Crippen molar-refractivity contribution in [1.82, 2.24) is 4.90 Å². The van der Waals surface area contributed by atoms with Crippen molar-refractivity contribution in [2.45, 2.75) is 231 Å². The molecule has 1 aromatic rings. The second-order valence-electron chi connectivity index (χ2n) is 15.7. The molecular formula is C46H87NO2. The Labute approximate surface area is 308 Å². The molecule has 1 rings (SSSR count). The van der Waals surface area contributed by atoms with Crippen LogP contribution < -0.4 is 4.74 Å². The summed E-state index contributed by atoms with van der Waals surface area (Å²) in [6, 6.07) is 9.75. The lowest BCUT2D eigenvalue weighted by Crippen LogP contribution is -2.33. The fraction of sp³-hybridized carbons (Fsp3) is 0.870. The number of ether oxygens (including phenoxy) is 1. The van der Waals surface area contributed by atoms with Crippen LogP contribution in [0.25, 0.3) is 0 Å². The van der Waals surface area contributed by atoms with Crippen LogP contribution in [0.5, 0.6) is 5.75 Å². The lowest BCUT2D eigenvalue weighted by Gasteiger charge is -2.20. The van der Waals surface area contributed by atoms with Gasteiger partial charge in [0.25, 0.3) is 0 Å². The van der Waals surface area contributed by atoms with Gasteiger partial charge in [-0.15, -0.1) is 0 Å². The number of unbranched alkanes of at least 4 members (excludes halogenated alkanes) is 33. The van der Waals surface area contributed by atoms with E-state index >= 15 is 0 Å². The zero-order chi connectivity index (χ0) is 35.1. The first kappa shape index (κ1) is 46.0. The first-order valence-electron chi connectivity index (χ1n) is 22.3. The van der Waals surface area contributed by atoms with Crippen molar-refractivity contribution in [3.63, 3.8) is 0 Å². The topological polar surface area (TPSA) is 32.7 Å². The monoisotopic (exact) mass is 686 g/mol. The van der Waals surface area contributed by atoms with Crippen LogP contribution in [0.1, 0.15) is 225 Å². The molecule has 0 spiro atoms.